The second kappa shape index (κ2) is 9.56. The third-order valence-corrected chi connectivity index (χ3v) is 5.11. The molecule has 154 valence electrons. The van der Waals surface area contributed by atoms with E-state index in [2.05, 4.69) is 20.2 Å². The molecule has 1 aliphatic heterocycles. The molecule has 8 nitrogen and oxygen atoms in total. The Hall–Kier alpha value is -2.87. The number of piperidine rings is 1. The van der Waals surface area contributed by atoms with Gasteiger partial charge in [-0.2, -0.15) is 0 Å². The first-order valence-corrected chi connectivity index (χ1v) is 9.76. The van der Waals surface area contributed by atoms with Crippen molar-refractivity contribution in [2.24, 2.45) is 5.92 Å². The second-order valence-corrected chi connectivity index (χ2v) is 7.33. The first-order chi connectivity index (χ1) is 14.0. The van der Waals surface area contributed by atoms with Crippen LogP contribution in [0.2, 0.25) is 5.02 Å². The minimum Gasteiger partial charge on any atom is -0.495 e. The van der Waals surface area contributed by atoms with E-state index in [1.165, 1.54) is 12.0 Å². The van der Waals surface area contributed by atoms with E-state index in [9.17, 15) is 9.59 Å². The number of carbonyl (C=O) groups is 2. The molecule has 1 aromatic heterocycles. The van der Waals surface area contributed by atoms with E-state index in [4.69, 9.17) is 16.3 Å². The first kappa shape index (κ1) is 20.9. The van der Waals surface area contributed by atoms with Gasteiger partial charge in [-0.3, -0.25) is 9.59 Å². The molecule has 1 N–H and O–H groups in total. The summed E-state index contributed by atoms with van der Waals surface area (Å²) in [6.07, 6.45) is 4.82. The highest BCUT2D eigenvalue weighted by Gasteiger charge is 2.28. The van der Waals surface area contributed by atoms with Crippen molar-refractivity contribution in [2.45, 2.75) is 12.8 Å². The minimum absolute atomic E-state index is 0.0353. The van der Waals surface area contributed by atoms with Crippen molar-refractivity contribution < 1.29 is 14.3 Å². The maximum Gasteiger partial charge on any atom is 0.244 e. The summed E-state index contributed by atoms with van der Waals surface area (Å²) in [5.74, 6) is 0.727. The maximum absolute atomic E-state index is 12.8. The zero-order valence-electron chi connectivity index (χ0n) is 16.5. The van der Waals surface area contributed by atoms with Crippen LogP contribution in [0.15, 0.2) is 36.7 Å². The van der Waals surface area contributed by atoms with E-state index >= 15 is 0 Å². The van der Waals surface area contributed by atoms with E-state index in [1.807, 2.05) is 0 Å². The number of carbonyl (C=O) groups excluding carboxylic acids is 2. The van der Waals surface area contributed by atoms with Gasteiger partial charge in [0, 0.05) is 43.5 Å². The lowest BCUT2D eigenvalue weighted by molar-refractivity contribution is -0.137. The molecule has 2 amide bonds. The average Bonchev–Trinajstić information content (AvgIpc) is 2.74. The molecule has 0 bridgehead atoms. The van der Waals surface area contributed by atoms with Crippen LogP contribution in [0.4, 0.5) is 11.6 Å². The van der Waals surface area contributed by atoms with Gasteiger partial charge in [0.2, 0.25) is 17.8 Å². The van der Waals surface area contributed by atoms with Gasteiger partial charge in [0.15, 0.2) is 0 Å². The fraction of sp³-hybridized carbons (Fsp3) is 0.400. The average molecular weight is 418 g/mol. The van der Waals surface area contributed by atoms with Gasteiger partial charge < -0.3 is 19.9 Å². The Labute approximate surface area is 174 Å². The zero-order chi connectivity index (χ0) is 20.8. The number of nitrogens with zero attached hydrogens (tertiary/aromatic N) is 4. The van der Waals surface area contributed by atoms with Crippen molar-refractivity contribution in [3.63, 3.8) is 0 Å². The summed E-state index contributed by atoms with van der Waals surface area (Å²) in [5.41, 5.74) is 0.474. The first-order valence-electron chi connectivity index (χ1n) is 9.38. The summed E-state index contributed by atoms with van der Waals surface area (Å²) in [6, 6.07) is 6.75. The zero-order valence-corrected chi connectivity index (χ0v) is 17.2. The summed E-state index contributed by atoms with van der Waals surface area (Å²) in [5, 5.41) is 3.24. The fourth-order valence-corrected chi connectivity index (χ4v) is 3.53. The van der Waals surface area contributed by atoms with E-state index in [1.54, 1.807) is 43.7 Å². The van der Waals surface area contributed by atoms with Crippen molar-refractivity contribution in [3.8, 4) is 5.75 Å². The normalized spacial score (nSPS) is 14.4. The van der Waals surface area contributed by atoms with Gasteiger partial charge in [-0.05, 0) is 37.1 Å². The number of benzene rings is 1. The molecule has 9 heteroatoms. The largest absolute Gasteiger partial charge is 0.495 e. The van der Waals surface area contributed by atoms with Crippen molar-refractivity contribution >= 4 is 35.1 Å². The minimum atomic E-state index is -0.309. The number of hydrogen-bond donors (Lipinski definition) is 1. The molecule has 29 heavy (non-hydrogen) atoms. The lowest BCUT2D eigenvalue weighted by Crippen LogP contribution is -2.43. The van der Waals surface area contributed by atoms with Crippen LogP contribution < -0.4 is 15.0 Å². The van der Waals surface area contributed by atoms with Crippen molar-refractivity contribution in [2.75, 3.05) is 44.0 Å². The highest BCUT2D eigenvalue weighted by Crippen LogP contribution is 2.27. The monoisotopic (exact) mass is 417 g/mol. The molecule has 0 spiro atoms. The molecule has 0 atom stereocenters. The predicted octanol–water partition coefficient (Wildman–Crippen LogP) is 2.45. The Balaban J connectivity index is 1.52. The van der Waals surface area contributed by atoms with Gasteiger partial charge in [0.1, 0.15) is 5.75 Å². The topological polar surface area (TPSA) is 87.7 Å². The number of ether oxygens (including phenoxy) is 1. The van der Waals surface area contributed by atoms with Crippen molar-refractivity contribution in [1.29, 1.82) is 0 Å². The maximum atomic E-state index is 12.8. The molecule has 1 fully saturated rings. The number of amides is 2. The van der Waals surface area contributed by atoms with Crippen molar-refractivity contribution in [1.82, 2.24) is 14.9 Å². The fourth-order valence-electron chi connectivity index (χ4n) is 3.35. The molecule has 1 aliphatic rings. The quantitative estimate of drug-likeness (QED) is 0.776. The Morgan fingerprint density at radius 3 is 2.62 bits per heavy atom. The van der Waals surface area contributed by atoms with Crippen LogP contribution in [0.1, 0.15) is 12.8 Å². The lowest BCUT2D eigenvalue weighted by Gasteiger charge is -2.33. The third-order valence-electron chi connectivity index (χ3n) is 4.87. The number of likely N-dealkylation sites (N-methyl/N-ethyl adjacent to an activating group) is 1. The number of rotatable bonds is 6. The van der Waals surface area contributed by atoms with E-state index in [-0.39, 0.29) is 24.3 Å². The van der Waals surface area contributed by atoms with Gasteiger partial charge in [0.25, 0.3) is 0 Å². The molecular formula is C20H24ClN5O3. The highest BCUT2D eigenvalue weighted by molar-refractivity contribution is 6.31. The molecule has 0 aliphatic carbocycles. The molecule has 2 heterocycles. The van der Waals surface area contributed by atoms with Gasteiger partial charge >= 0.3 is 0 Å². The second-order valence-electron chi connectivity index (χ2n) is 6.90. The molecule has 2 aromatic rings. The Morgan fingerprint density at radius 2 is 1.97 bits per heavy atom. The molecule has 3 rings (SSSR count). The van der Waals surface area contributed by atoms with Crippen LogP contribution in [0.3, 0.4) is 0 Å². The smallest absolute Gasteiger partial charge is 0.244 e. The van der Waals surface area contributed by atoms with Crippen LogP contribution in [-0.4, -0.2) is 60.5 Å². The number of anilines is 2. The summed E-state index contributed by atoms with van der Waals surface area (Å²) >= 11 is 5.99. The predicted molar refractivity (Wildman–Crippen MR) is 111 cm³/mol. The van der Waals surface area contributed by atoms with Crippen molar-refractivity contribution in [3.05, 3.63) is 41.7 Å². The summed E-state index contributed by atoms with van der Waals surface area (Å²) in [7, 11) is 3.16. The number of halogens is 1. The number of nitrogens with one attached hydrogen (secondary N) is 1. The summed E-state index contributed by atoms with van der Waals surface area (Å²) in [4.78, 5) is 37.2. The number of aromatic nitrogens is 2. The summed E-state index contributed by atoms with van der Waals surface area (Å²) < 4.78 is 5.23. The summed E-state index contributed by atoms with van der Waals surface area (Å²) in [6.45, 7) is 1.37. The molecule has 0 saturated carbocycles. The van der Waals surface area contributed by atoms with Crippen LogP contribution in [-0.2, 0) is 9.59 Å². The third kappa shape index (κ3) is 5.35. The Kier molecular flexibility index (Phi) is 6.87. The van der Waals surface area contributed by atoms with Gasteiger partial charge in [-0.15, -0.1) is 0 Å². The highest BCUT2D eigenvalue weighted by atomic mass is 35.5. The molecule has 0 unspecified atom stereocenters. The van der Waals surface area contributed by atoms with E-state index < -0.39 is 0 Å². The molecule has 1 saturated heterocycles. The van der Waals surface area contributed by atoms with Gasteiger partial charge in [-0.1, -0.05) is 11.6 Å². The number of hydrogen-bond acceptors (Lipinski definition) is 6. The van der Waals surface area contributed by atoms with Gasteiger partial charge in [0.05, 0.1) is 19.3 Å². The van der Waals surface area contributed by atoms with Crippen LogP contribution >= 0.6 is 11.6 Å². The Morgan fingerprint density at radius 1 is 1.28 bits per heavy atom. The lowest BCUT2D eigenvalue weighted by atomic mass is 9.95. The van der Waals surface area contributed by atoms with Crippen LogP contribution in [0, 0.1) is 5.92 Å². The molecular weight excluding hydrogens is 394 g/mol. The van der Waals surface area contributed by atoms with Crippen LogP contribution in [0.25, 0.3) is 0 Å². The van der Waals surface area contributed by atoms with Gasteiger partial charge in [-0.25, -0.2) is 9.97 Å². The SMILES string of the molecule is COc1ccc(Cl)cc1NC(=O)CN(C)C(=O)C1CCN(c2ncccn2)CC1. The number of methoxy groups -OCH3 is 1. The van der Waals surface area contributed by atoms with Crippen LogP contribution in [0.5, 0.6) is 5.75 Å². The molecule has 0 radical (unpaired) electrons. The standard InChI is InChI=1S/C20H24ClN5O3/c1-25(13-18(27)24-16-12-15(21)4-5-17(16)29-2)19(28)14-6-10-26(11-7-14)20-22-8-3-9-23-20/h3-5,8-9,12,14H,6-7,10-11,13H2,1-2H3,(H,24,27). The van der Waals surface area contributed by atoms with E-state index in [0.29, 0.717) is 48.3 Å². The Bertz CT molecular complexity index is 856. The molecule has 1 aromatic carbocycles. The van der Waals surface area contributed by atoms with E-state index in [0.717, 1.165) is 0 Å².